The topological polar surface area (TPSA) is 93.9 Å². The average Bonchev–Trinajstić information content (AvgIpc) is 3.33. The number of nitrogens with two attached hydrogens (primary N) is 1. The van der Waals surface area contributed by atoms with Crippen LogP contribution in [0.4, 0.5) is 5.69 Å². The lowest BCUT2D eigenvalue weighted by molar-refractivity contribution is 0.0271. The number of aryl methyl sites for hydroxylation is 1. The second kappa shape index (κ2) is 7.25. The first-order chi connectivity index (χ1) is 13.1. The van der Waals surface area contributed by atoms with Gasteiger partial charge in [-0.1, -0.05) is 58.3 Å². The number of para-hydroxylation sites is 1. The minimum Gasteiger partial charge on any atom is -0.398 e. The number of hydrogen-bond acceptors (Lipinski definition) is 6. The highest BCUT2D eigenvalue weighted by Crippen LogP contribution is 2.29. The van der Waals surface area contributed by atoms with Crippen LogP contribution in [-0.2, 0) is 4.84 Å². The molecule has 0 radical (unpaired) electrons. The van der Waals surface area contributed by atoms with E-state index in [1.165, 1.54) is 5.56 Å². The number of aliphatic hydroxyl groups is 1. The number of aliphatic hydroxyl groups excluding tert-OH is 1. The minimum absolute atomic E-state index is 0.234. The predicted octanol–water partition coefficient (Wildman–Crippen LogP) is 3.85. The fraction of sp³-hybridized carbons (Fsp3) is 0.238. The molecule has 0 bridgehead atoms. The van der Waals surface area contributed by atoms with Gasteiger partial charge in [-0.15, -0.1) is 0 Å². The predicted molar refractivity (Wildman–Crippen MR) is 103 cm³/mol. The number of nitrogens with zero attached hydrogens (tertiary/aromatic N) is 2. The summed E-state index contributed by atoms with van der Waals surface area (Å²) in [6.07, 6.45) is -0.0983. The van der Waals surface area contributed by atoms with Crippen molar-refractivity contribution in [3.05, 3.63) is 71.5 Å². The van der Waals surface area contributed by atoms with Gasteiger partial charge >= 0.3 is 0 Å². The van der Waals surface area contributed by atoms with Crippen molar-refractivity contribution in [1.82, 2.24) is 5.16 Å². The second-order valence-corrected chi connectivity index (χ2v) is 6.79. The van der Waals surface area contributed by atoms with Crippen LogP contribution in [0.3, 0.4) is 0 Å². The maximum absolute atomic E-state index is 10.5. The molecule has 27 heavy (non-hydrogen) atoms. The number of nitrogen functional groups attached to an aromatic ring is 1. The van der Waals surface area contributed by atoms with Crippen LogP contribution < -0.4 is 5.73 Å². The van der Waals surface area contributed by atoms with E-state index >= 15 is 0 Å². The van der Waals surface area contributed by atoms with Crippen molar-refractivity contribution in [2.75, 3.05) is 5.73 Å². The summed E-state index contributed by atoms with van der Waals surface area (Å²) < 4.78 is 5.34. The maximum Gasteiger partial charge on any atom is 0.165 e. The van der Waals surface area contributed by atoms with Gasteiger partial charge in [0.1, 0.15) is 17.9 Å². The van der Waals surface area contributed by atoms with Crippen molar-refractivity contribution in [3.63, 3.8) is 0 Å². The summed E-state index contributed by atoms with van der Waals surface area (Å²) in [5, 5.41) is 18.7. The van der Waals surface area contributed by atoms with Crippen LogP contribution in [0.1, 0.15) is 35.8 Å². The Balaban J connectivity index is 1.40. The second-order valence-electron chi connectivity index (χ2n) is 6.79. The van der Waals surface area contributed by atoms with Gasteiger partial charge in [-0.2, -0.15) is 0 Å². The zero-order valence-electron chi connectivity index (χ0n) is 15.0. The van der Waals surface area contributed by atoms with Gasteiger partial charge in [0, 0.05) is 35.7 Å². The standard InChI is InChI=1S/C21H21N3O3/c1-13-6-8-14(9-7-13)18-12-21(27-23-18)20(25)11-15-10-19(24-26-15)16-4-2-3-5-17(16)22/h2-9,12,15,20,25H,10-11,22H2,1H3. The molecule has 3 N–H and O–H groups in total. The van der Waals surface area contributed by atoms with E-state index in [-0.39, 0.29) is 6.10 Å². The van der Waals surface area contributed by atoms with Crippen molar-refractivity contribution in [2.24, 2.45) is 5.16 Å². The van der Waals surface area contributed by atoms with E-state index in [1.807, 2.05) is 55.5 Å². The molecule has 6 nitrogen and oxygen atoms in total. The lowest BCUT2D eigenvalue weighted by Gasteiger charge is -2.11. The molecule has 0 fully saturated rings. The van der Waals surface area contributed by atoms with Crippen LogP contribution in [0.2, 0.25) is 0 Å². The largest absolute Gasteiger partial charge is 0.398 e. The van der Waals surface area contributed by atoms with Gasteiger partial charge < -0.3 is 20.2 Å². The quantitative estimate of drug-likeness (QED) is 0.672. The molecule has 6 heteroatoms. The molecule has 138 valence electrons. The Morgan fingerprint density at radius 3 is 2.74 bits per heavy atom. The van der Waals surface area contributed by atoms with E-state index in [1.54, 1.807) is 6.07 Å². The molecule has 1 aliphatic rings. The highest BCUT2D eigenvalue weighted by molar-refractivity contribution is 6.05. The Kier molecular flexibility index (Phi) is 4.64. The Morgan fingerprint density at radius 2 is 1.96 bits per heavy atom. The van der Waals surface area contributed by atoms with E-state index in [9.17, 15) is 5.11 Å². The van der Waals surface area contributed by atoms with Gasteiger partial charge in [-0.3, -0.25) is 0 Å². The SMILES string of the molecule is Cc1ccc(-c2cc(C(O)CC3CC(c4ccccc4N)=NO3)on2)cc1. The van der Waals surface area contributed by atoms with Crippen molar-refractivity contribution < 1.29 is 14.5 Å². The molecule has 0 amide bonds. The smallest absolute Gasteiger partial charge is 0.165 e. The van der Waals surface area contributed by atoms with E-state index in [4.69, 9.17) is 15.1 Å². The fourth-order valence-corrected chi connectivity index (χ4v) is 3.15. The lowest BCUT2D eigenvalue weighted by atomic mass is 9.99. The third-order valence-corrected chi connectivity index (χ3v) is 4.69. The summed E-state index contributed by atoms with van der Waals surface area (Å²) in [4.78, 5) is 5.48. The molecule has 1 aliphatic heterocycles. The van der Waals surface area contributed by atoms with Crippen LogP contribution in [0.25, 0.3) is 11.3 Å². The van der Waals surface area contributed by atoms with Crippen LogP contribution in [-0.4, -0.2) is 22.1 Å². The van der Waals surface area contributed by atoms with Gasteiger partial charge in [0.25, 0.3) is 0 Å². The van der Waals surface area contributed by atoms with Crippen molar-refractivity contribution in [2.45, 2.75) is 32.0 Å². The summed E-state index contributed by atoms with van der Waals surface area (Å²) in [6, 6.07) is 17.3. The van der Waals surface area contributed by atoms with Gasteiger partial charge in [0.05, 0.1) is 5.71 Å². The van der Waals surface area contributed by atoms with Gasteiger partial charge in [0.15, 0.2) is 5.76 Å². The molecule has 2 unspecified atom stereocenters. The summed E-state index contributed by atoms with van der Waals surface area (Å²) in [6.45, 7) is 2.03. The molecule has 2 heterocycles. The zero-order valence-corrected chi connectivity index (χ0v) is 15.0. The molecule has 0 saturated carbocycles. The van der Waals surface area contributed by atoms with Crippen molar-refractivity contribution >= 4 is 11.4 Å². The lowest BCUT2D eigenvalue weighted by Crippen LogP contribution is -2.13. The van der Waals surface area contributed by atoms with Crippen LogP contribution in [0.15, 0.2) is 64.3 Å². The summed E-state index contributed by atoms with van der Waals surface area (Å²) in [7, 11) is 0. The molecule has 1 aromatic heterocycles. The minimum atomic E-state index is -0.815. The monoisotopic (exact) mass is 363 g/mol. The fourth-order valence-electron chi connectivity index (χ4n) is 3.15. The Hall–Kier alpha value is -3.12. The highest BCUT2D eigenvalue weighted by Gasteiger charge is 2.28. The van der Waals surface area contributed by atoms with E-state index in [2.05, 4.69) is 10.3 Å². The van der Waals surface area contributed by atoms with Gasteiger partial charge in [0.2, 0.25) is 0 Å². The van der Waals surface area contributed by atoms with Crippen molar-refractivity contribution in [1.29, 1.82) is 0 Å². The Bertz CT molecular complexity index is 963. The van der Waals surface area contributed by atoms with Gasteiger partial charge in [-0.05, 0) is 13.0 Å². The van der Waals surface area contributed by atoms with E-state index < -0.39 is 6.10 Å². The molecule has 2 atom stereocenters. The Labute approximate surface area is 157 Å². The number of anilines is 1. The molecule has 0 aliphatic carbocycles. The average molecular weight is 363 g/mol. The summed E-state index contributed by atoms with van der Waals surface area (Å²) >= 11 is 0. The molecular weight excluding hydrogens is 342 g/mol. The molecule has 0 spiro atoms. The van der Waals surface area contributed by atoms with E-state index in [0.717, 1.165) is 16.8 Å². The first-order valence-corrected chi connectivity index (χ1v) is 8.89. The molecule has 0 saturated heterocycles. The molecule has 2 aromatic carbocycles. The third kappa shape index (κ3) is 3.71. The number of aromatic nitrogens is 1. The van der Waals surface area contributed by atoms with Crippen molar-refractivity contribution in [3.8, 4) is 11.3 Å². The first kappa shape index (κ1) is 17.3. The summed E-state index contributed by atoms with van der Waals surface area (Å²) in [5.41, 5.74) is 11.2. The highest BCUT2D eigenvalue weighted by atomic mass is 16.6. The van der Waals surface area contributed by atoms with Crippen LogP contribution in [0, 0.1) is 6.92 Å². The number of benzene rings is 2. The zero-order chi connectivity index (χ0) is 18.8. The van der Waals surface area contributed by atoms with E-state index in [0.29, 0.717) is 30.0 Å². The van der Waals surface area contributed by atoms with Gasteiger partial charge in [-0.25, -0.2) is 0 Å². The number of oxime groups is 1. The van der Waals surface area contributed by atoms with Crippen LogP contribution >= 0.6 is 0 Å². The Morgan fingerprint density at radius 1 is 1.19 bits per heavy atom. The molecular formula is C21H21N3O3. The summed E-state index contributed by atoms with van der Waals surface area (Å²) in [5.74, 6) is 0.418. The normalized spacial score (nSPS) is 17.4. The maximum atomic E-state index is 10.5. The van der Waals surface area contributed by atoms with Crippen LogP contribution in [0.5, 0.6) is 0 Å². The third-order valence-electron chi connectivity index (χ3n) is 4.69. The number of hydrogen-bond donors (Lipinski definition) is 2. The molecule has 3 aromatic rings. The molecule has 4 rings (SSSR count). The first-order valence-electron chi connectivity index (χ1n) is 8.89. The number of rotatable bonds is 5.